The lowest BCUT2D eigenvalue weighted by Gasteiger charge is -2.04. The largest absolute Gasteiger partial charge is 0.486 e. The maximum absolute atomic E-state index is 10.6. The Morgan fingerprint density at radius 3 is 2.47 bits per heavy atom. The number of benzene rings is 1. The van der Waals surface area contributed by atoms with Crippen molar-refractivity contribution < 1.29 is 19.1 Å². The minimum absolute atomic E-state index is 0.242. The number of carbonyl (C=O) groups is 1. The SMILES string of the molecule is Cc1ccc(COc2ccc(C(=O)O)cc2)o1. The van der Waals surface area contributed by atoms with Gasteiger partial charge < -0.3 is 14.3 Å². The number of furan rings is 1. The highest BCUT2D eigenvalue weighted by molar-refractivity contribution is 5.87. The number of ether oxygens (including phenoxy) is 1. The Bertz CT molecular complexity index is 510. The Balaban J connectivity index is 1.97. The summed E-state index contributed by atoms with van der Waals surface area (Å²) in [7, 11) is 0. The lowest BCUT2D eigenvalue weighted by Crippen LogP contribution is -1.97. The Kier molecular flexibility index (Phi) is 3.14. The minimum Gasteiger partial charge on any atom is -0.486 e. The standard InChI is InChI=1S/C13H12O4/c1-9-2-5-12(17-9)8-16-11-6-3-10(4-7-11)13(14)15/h2-7H,8H2,1H3,(H,14,15). The molecular formula is C13H12O4. The van der Waals surface area contributed by atoms with Crippen molar-refractivity contribution in [2.24, 2.45) is 0 Å². The van der Waals surface area contributed by atoms with E-state index in [9.17, 15) is 4.79 Å². The third-order valence-corrected chi connectivity index (χ3v) is 2.28. The zero-order chi connectivity index (χ0) is 12.3. The topological polar surface area (TPSA) is 59.7 Å². The molecule has 0 amide bonds. The molecule has 4 nitrogen and oxygen atoms in total. The molecule has 0 spiro atoms. The first-order valence-electron chi connectivity index (χ1n) is 5.16. The van der Waals surface area contributed by atoms with Gasteiger partial charge in [0.1, 0.15) is 23.9 Å². The molecule has 1 aromatic carbocycles. The monoisotopic (exact) mass is 232 g/mol. The summed E-state index contributed by atoms with van der Waals surface area (Å²) in [4.78, 5) is 10.6. The summed E-state index contributed by atoms with van der Waals surface area (Å²) in [6, 6.07) is 9.97. The van der Waals surface area contributed by atoms with E-state index in [1.807, 2.05) is 19.1 Å². The molecule has 0 saturated carbocycles. The van der Waals surface area contributed by atoms with E-state index in [0.717, 1.165) is 11.5 Å². The van der Waals surface area contributed by atoms with Gasteiger partial charge in [-0.15, -0.1) is 0 Å². The third-order valence-electron chi connectivity index (χ3n) is 2.28. The van der Waals surface area contributed by atoms with E-state index in [1.165, 1.54) is 12.1 Å². The van der Waals surface area contributed by atoms with E-state index in [4.69, 9.17) is 14.3 Å². The van der Waals surface area contributed by atoms with E-state index in [-0.39, 0.29) is 5.56 Å². The molecule has 1 N–H and O–H groups in total. The molecular weight excluding hydrogens is 220 g/mol. The van der Waals surface area contributed by atoms with Crippen molar-refractivity contribution in [3.8, 4) is 5.75 Å². The zero-order valence-electron chi connectivity index (χ0n) is 9.34. The summed E-state index contributed by atoms with van der Waals surface area (Å²) in [5.41, 5.74) is 0.242. The maximum Gasteiger partial charge on any atom is 0.335 e. The molecule has 0 aliphatic rings. The van der Waals surface area contributed by atoms with Crippen LogP contribution < -0.4 is 4.74 Å². The molecule has 0 unspecified atom stereocenters. The molecule has 0 aliphatic carbocycles. The van der Waals surface area contributed by atoms with Crippen LogP contribution in [0.1, 0.15) is 21.9 Å². The zero-order valence-corrected chi connectivity index (χ0v) is 9.34. The molecule has 2 aromatic rings. The molecule has 0 fully saturated rings. The first-order chi connectivity index (χ1) is 8.15. The van der Waals surface area contributed by atoms with Crippen LogP contribution in [0.15, 0.2) is 40.8 Å². The quantitative estimate of drug-likeness (QED) is 0.880. The summed E-state index contributed by atoms with van der Waals surface area (Å²) in [5.74, 6) is 1.25. The number of aromatic carboxylic acids is 1. The molecule has 4 heteroatoms. The highest BCUT2D eigenvalue weighted by Crippen LogP contribution is 2.15. The van der Waals surface area contributed by atoms with Gasteiger partial charge in [0.05, 0.1) is 5.56 Å². The van der Waals surface area contributed by atoms with Crippen molar-refractivity contribution in [3.63, 3.8) is 0 Å². The van der Waals surface area contributed by atoms with Gasteiger partial charge in [-0.2, -0.15) is 0 Å². The van der Waals surface area contributed by atoms with Crippen LogP contribution in [0.4, 0.5) is 0 Å². The number of carboxylic acids is 1. The van der Waals surface area contributed by atoms with Crippen LogP contribution in [-0.2, 0) is 6.61 Å². The number of aryl methyl sites for hydroxylation is 1. The molecule has 0 atom stereocenters. The second-order valence-electron chi connectivity index (χ2n) is 3.63. The second-order valence-corrected chi connectivity index (χ2v) is 3.63. The van der Waals surface area contributed by atoms with Crippen LogP contribution in [0, 0.1) is 6.92 Å². The van der Waals surface area contributed by atoms with Gasteiger partial charge in [0.25, 0.3) is 0 Å². The molecule has 0 radical (unpaired) electrons. The van der Waals surface area contributed by atoms with Gasteiger partial charge in [-0.3, -0.25) is 0 Å². The van der Waals surface area contributed by atoms with Gasteiger partial charge in [-0.25, -0.2) is 4.79 Å². The van der Waals surface area contributed by atoms with Crippen molar-refractivity contribution in [1.82, 2.24) is 0 Å². The van der Waals surface area contributed by atoms with Crippen LogP contribution >= 0.6 is 0 Å². The van der Waals surface area contributed by atoms with Crippen LogP contribution in [-0.4, -0.2) is 11.1 Å². The summed E-state index contributed by atoms with van der Waals surface area (Å²) < 4.78 is 10.8. The van der Waals surface area contributed by atoms with Gasteiger partial charge in [0, 0.05) is 0 Å². The van der Waals surface area contributed by atoms with E-state index in [2.05, 4.69) is 0 Å². The van der Waals surface area contributed by atoms with E-state index in [1.54, 1.807) is 12.1 Å². The third kappa shape index (κ3) is 2.87. The fourth-order valence-electron chi connectivity index (χ4n) is 1.41. The Hall–Kier alpha value is -2.23. The van der Waals surface area contributed by atoms with E-state index < -0.39 is 5.97 Å². The number of hydrogen-bond acceptors (Lipinski definition) is 3. The molecule has 2 rings (SSSR count). The van der Waals surface area contributed by atoms with E-state index in [0.29, 0.717) is 12.4 Å². The summed E-state index contributed by atoms with van der Waals surface area (Å²) in [6.07, 6.45) is 0. The summed E-state index contributed by atoms with van der Waals surface area (Å²) >= 11 is 0. The first kappa shape index (κ1) is 11.3. The lowest BCUT2D eigenvalue weighted by molar-refractivity contribution is 0.0697. The van der Waals surface area contributed by atoms with Crippen molar-refractivity contribution in [2.45, 2.75) is 13.5 Å². The van der Waals surface area contributed by atoms with Crippen LogP contribution in [0.5, 0.6) is 5.75 Å². The van der Waals surface area contributed by atoms with Gasteiger partial charge in [-0.05, 0) is 43.3 Å². The van der Waals surface area contributed by atoms with Gasteiger partial charge >= 0.3 is 5.97 Å². The second kappa shape index (κ2) is 4.74. The minimum atomic E-state index is -0.946. The van der Waals surface area contributed by atoms with E-state index >= 15 is 0 Å². The van der Waals surface area contributed by atoms with Gasteiger partial charge in [-0.1, -0.05) is 0 Å². The smallest absolute Gasteiger partial charge is 0.335 e. The predicted molar refractivity (Wildman–Crippen MR) is 61.2 cm³/mol. The van der Waals surface area contributed by atoms with Gasteiger partial charge in [0.2, 0.25) is 0 Å². The summed E-state index contributed by atoms with van der Waals surface area (Å²) in [6.45, 7) is 2.20. The number of carboxylic acid groups (broad SMARTS) is 1. The molecule has 0 saturated heterocycles. The highest BCUT2D eigenvalue weighted by Gasteiger charge is 2.03. The van der Waals surface area contributed by atoms with Crippen molar-refractivity contribution in [3.05, 3.63) is 53.5 Å². The Morgan fingerprint density at radius 2 is 1.94 bits per heavy atom. The Morgan fingerprint density at radius 1 is 1.24 bits per heavy atom. The fraction of sp³-hybridized carbons (Fsp3) is 0.154. The average molecular weight is 232 g/mol. The average Bonchev–Trinajstić information content (AvgIpc) is 2.73. The predicted octanol–water partition coefficient (Wildman–Crippen LogP) is 2.87. The summed E-state index contributed by atoms with van der Waals surface area (Å²) in [5, 5.41) is 8.73. The molecule has 0 aliphatic heterocycles. The van der Waals surface area contributed by atoms with Crippen LogP contribution in [0.25, 0.3) is 0 Å². The van der Waals surface area contributed by atoms with Crippen molar-refractivity contribution in [2.75, 3.05) is 0 Å². The molecule has 0 bridgehead atoms. The number of rotatable bonds is 4. The van der Waals surface area contributed by atoms with Crippen LogP contribution in [0.3, 0.4) is 0 Å². The van der Waals surface area contributed by atoms with Crippen LogP contribution in [0.2, 0.25) is 0 Å². The molecule has 17 heavy (non-hydrogen) atoms. The first-order valence-corrected chi connectivity index (χ1v) is 5.16. The van der Waals surface area contributed by atoms with Gasteiger partial charge in [0.15, 0.2) is 0 Å². The number of hydrogen-bond donors (Lipinski definition) is 1. The normalized spacial score (nSPS) is 10.2. The van der Waals surface area contributed by atoms with Crippen molar-refractivity contribution >= 4 is 5.97 Å². The Labute approximate surface area is 98.4 Å². The molecule has 1 aromatic heterocycles. The molecule has 1 heterocycles. The lowest BCUT2D eigenvalue weighted by atomic mass is 10.2. The molecule has 88 valence electrons. The highest BCUT2D eigenvalue weighted by atomic mass is 16.5. The maximum atomic E-state index is 10.6. The fourth-order valence-corrected chi connectivity index (χ4v) is 1.41. The van der Waals surface area contributed by atoms with Crippen molar-refractivity contribution in [1.29, 1.82) is 0 Å².